The zero-order chi connectivity index (χ0) is 25.8. The average molecular weight is 533 g/mol. The highest BCUT2D eigenvalue weighted by molar-refractivity contribution is 7.99. The molecule has 0 atom stereocenters. The van der Waals surface area contributed by atoms with Gasteiger partial charge >= 0.3 is 0 Å². The van der Waals surface area contributed by atoms with Gasteiger partial charge in [0, 0.05) is 23.2 Å². The van der Waals surface area contributed by atoms with Gasteiger partial charge in [0.1, 0.15) is 0 Å². The van der Waals surface area contributed by atoms with E-state index in [1.54, 1.807) is 41.0 Å². The number of para-hydroxylation sites is 1. The Hall–Kier alpha value is -3.62. The van der Waals surface area contributed by atoms with Crippen molar-refractivity contribution in [1.29, 1.82) is 0 Å². The Kier molecular flexibility index (Phi) is 7.58. The monoisotopic (exact) mass is 532 g/mol. The number of nitrogens with one attached hydrogen (secondary N) is 2. The maximum absolute atomic E-state index is 13.4. The normalized spacial score (nSPS) is 12.9. The zero-order valence-electron chi connectivity index (χ0n) is 19.9. The van der Waals surface area contributed by atoms with Crippen molar-refractivity contribution < 1.29 is 9.59 Å². The van der Waals surface area contributed by atoms with Crippen LogP contribution in [0.2, 0.25) is 5.02 Å². The summed E-state index contributed by atoms with van der Waals surface area (Å²) in [7, 11) is 0. The topological polar surface area (TPSA) is 93.1 Å². The van der Waals surface area contributed by atoms with Crippen LogP contribution >= 0.6 is 23.4 Å². The molecule has 0 aliphatic heterocycles. The van der Waals surface area contributed by atoms with Crippen LogP contribution < -0.4 is 16.2 Å². The molecular weight excluding hydrogens is 508 g/mol. The van der Waals surface area contributed by atoms with E-state index in [1.807, 2.05) is 36.4 Å². The van der Waals surface area contributed by atoms with E-state index in [2.05, 4.69) is 15.6 Å². The lowest BCUT2D eigenvalue weighted by Gasteiger charge is -2.14. The molecule has 0 saturated heterocycles. The third-order valence-corrected chi connectivity index (χ3v) is 7.41. The first kappa shape index (κ1) is 25.0. The minimum absolute atomic E-state index is 0.0855. The van der Waals surface area contributed by atoms with Crippen LogP contribution in [0.1, 0.15) is 34.3 Å². The predicted molar refractivity (Wildman–Crippen MR) is 146 cm³/mol. The van der Waals surface area contributed by atoms with Crippen LogP contribution in [0.4, 0.5) is 0 Å². The smallest absolute Gasteiger partial charge is 0.262 e. The van der Waals surface area contributed by atoms with Crippen LogP contribution in [0.3, 0.4) is 0 Å². The quantitative estimate of drug-likeness (QED) is 0.246. The third-order valence-electron chi connectivity index (χ3n) is 6.06. The summed E-state index contributed by atoms with van der Waals surface area (Å²) in [6.07, 6.45) is 2.06. The van der Waals surface area contributed by atoms with Crippen molar-refractivity contribution in [3.05, 3.63) is 105 Å². The van der Waals surface area contributed by atoms with E-state index in [0.29, 0.717) is 33.2 Å². The largest absolute Gasteiger partial charge is 0.351 e. The van der Waals surface area contributed by atoms with E-state index < -0.39 is 0 Å². The van der Waals surface area contributed by atoms with Crippen molar-refractivity contribution in [1.82, 2.24) is 20.2 Å². The lowest BCUT2D eigenvalue weighted by molar-refractivity contribution is -0.118. The molecule has 2 amide bonds. The molecule has 5 rings (SSSR count). The summed E-state index contributed by atoms with van der Waals surface area (Å²) in [6.45, 7) is 0.586. The van der Waals surface area contributed by atoms with Crippen LogP contribution in [0.15, 0.2) is 82.7 Å². The van der Waals surface area contributed by atoms with Crippen molar-refractivity contribution in [3.8, 4) is 0 Å². The zero-order valence-corrected chi connectivity index (χ0v) is 21.5. The SMILES string of the molecule is O=C(CSc1nc2ccccc2c(=O)n1Cc1ccc(C(=O)NC2CC2)cc1)NCc1ccccc1Cl. The number of thioether (sulfide) groups is 1. The van der Waals surface area contributed by atoms with Crippen LogP contribution in [0.25, 0.3) is 10.9 Å². The number of benzene rings is 3. The first-order valence-electron chi connectivity index (χ1n) is 12.0. The second-order valence-corrected chi connectivity index (χ2v) is 10.3. The second kappa shape index (κ2) is 11.2. The summed E-state index contributed by atoms with van der Waals surface area (Å²) in [6, 6.07) is 22.0. The van der Waals surface area contributed by atoms with Gasteiger partial charge in [-0.2, -0.15) is 0 Å². The maximum Gasteiger partial charge on any atom is 0.262 e. The van der Waals surface area contributed by atoms with Gasteiger partial charge in [-0.1, -0.05) is 65.8 Å². The van der Waals surface area contributed by atoms with Crippen molar-refractivity contribution >= 4 is 46.1 Å². The average Bonchev–Trinajstić information content (AvgIpc) is 3.73. The van der Waals surface area contributed by atoms with E-state index in [0.717, 1.165) is 24.0 Å². The second-order valence-electron chi connectivity index (χ2n) is 8.90. The minimum Gasteiger partial charge on any atom is -0.351 e. The molecule has 0 bridgehead atoms. The van der Waals surface area contributed by atoms with Crippen molar-refractivity contribution in [2.75, 3.05) is 5.75 Å². The van der Waals surface area contributed by atoms with Gasteiger partial charge in [0.25, 0.3) is 11.5 Å². The summed E-state index contributed by atoms with van der Waals surface area (Å²) in [5.41, 5.74) is 2.67. The van der Waals surface area contributed by atoms with Gasteiger partial charge in [-0.25, -0.2) is 4.98 Å². The molecule has 1 saturated carbocycles. The number of nitrogens with zero attached hydrogens (tertiary/aromatic N) is 2. The van der Waals surface area contributed by atoms with Crippen LogP contribution in [0, 0.1) is 0 Å². The third kappa shape index (κ3) is 6.21. The van der Waals surface area contributed by atoms with E-state index in [1.165, 1.54) is 11.8 Å². The predicted octanol–water partition coefficient (Wildman–Crippen LogP) is 4.40. The van der Waals surface area contributed by atoms with Crippen LogP contribution in [0.5, 0.6) is 0 Å². The molecule has 37 heavy (non-hydrogen) atoms. The fourth-order valence-corrected chi connectivity index (χ4v) is 4.89. The number of carbonyl (C=O) groups excluding carboxylic acids is 2. The molecule has 188 valence electrons. The number of amides is 2. The molecular formula is C28H25ClN4O3S. The van der Waals surface area contributed by atoms with E-state index >= 15 is 0 Å². The summed E-state index contributed by atoms with van der Waals surface area (Å²) >= 11 is 7.38. The maximum atomic E-state index is 13.4. The highest BCUT2D eigenvalue weighted by Gasteiger charge is 2.23. The Labute approximate surface area is 223 Å². The van der Waals surface area contributed by atoms with Crippen molar-refractivity contribution in [2.24, 2.45) is 0 Å². The molecule has 0 unspecified atom stereocenters. The number of hydrogen-bond donors (Lipinski definition) is 2. The molecule has 1 aliphatic rings. The van der Waals surface area contributed by atoms with Gasteiger partial charge in [-0.3, -0.25) is 19.0 Å². The fraction of sp³-hybridized carbons (Fsp3) is 0.214. The molecule has 1 aromatic heterocycles. The molecule has 1 aliphatic carbocycles. The number of carbonyl (C=O) groups is 2. The van der Waals surface area contributed by atoms with E-state index in [4.69, 9.17) is 11.6 Å². The lowest BCUT2D eigenvalue weighted by atomic mass is 10.1. The van der Waals surface area contributed by atoms with Crippen LogP contribution in [-0.4, -0.2) is 33.2 Å². The summed E-state index contributed by atoms with van der Waals surface area (Å²) < 4.78 is 1.58. The molecule has 1 heterocycles. The first-order valence-corrected chi connectivity index (χ1v) is 13.4. The molecule has 1 fully saturated rings. The highest BCUT2D eigenvalue weighted by Crippen LogP contribution is 2.21. The number of fused-ring (bicyclic) bond motifs is 1. The Balaban J connectivity index is 1.33. The lowest BCUT2D eigenvalue weighted by Crippen LogP contribution is -2.27. The number of aromatic nitrogens is 2. The number of halogens is 1. The molecule has 9 heteroatoms. The Morgan fingerprint density at radius 2 is 1.73 bits per heavy atom. The van der Waals surface area contributed by atoms with Crippen molar-refractivity contribution in [2.45, 2.75) is 37.1 Å². The molecule has 4 aromatic rings. The van der Waals surface area contributed by atoms with Gasteiger partial charge in [-0.05, 0) is 54.3 Å². The Morgan fingerprint density at radius 3 is 2.49 bits per heavy atom. The van der Waals surface area contributed by atoms with Gasteiger partial charge in [0.15, 0.2) is 5.16 Å². The first-order chi connectivity index (χ1) is 18.0. The summed E-state index contributed by atoms with van der Waals surface area (Å²) in [5, 5.41) is 7.40. The number of rotatable bonds is 9. The standard InChI is InChI=1S/C28H25ClN4O3S/c29-23-7-3-1-5-20(23)15-30-25(34)17-37-28-32-24-8-4-2-6-22(24)27(36)33(28)16-18-9-11-19(12-10-18)26(35)31-21-13-14-21/h1-12,21H,13-17H2,(H,30,34)(H,31,35). The molecule has 3 aromatic carbocycles. The molecule has 7 nitrogen and oxygen atoms in total. The van der Waals surface area contributed by atoms with Gasteiger partial charge in [0.05, 0.1) is 23.2 Å². The van der Waals surface area contributed by atoms with E-state index in [9.17, 15) is 14.4 Å². The Bertz CT molecular complexity index is 1520. The summed E-state index contributed by atoms with van der Waals surface area (Å²) in [4.78, 5) is 42.9. The van der Waals surface area contributed by atoms with Crippen LogP contribution in [-0.2, 0) is 17.9 Å². The minimum atomic E-state index is -0.190. The summed E-state index contributed by atoms with van der Waals surface area (Å²) in [5.74, 6) is -0.183. The van der Waals surface area contributed by atoms with Crippen molar-refractivity contribution in [3.63, 3.8) is 0 Å². The highest BCUT2D eigenvalue weighted by atomic mass is 35.5. The molecule has 0 radical (unpaired) electrons. The van der Waals surface area contributed by atoms with Gasteiger partial charge < -0.3 is 10.6 Å². The Morgan fingerprint density at radius 1 is 1.00 bits per heavy atom. The van der Waals surface area contributed by atoms with E-state index in [-0.39, 0.29) is 35.7 Å². The fourth-order valence-electron chi connectivity index (χ4n) is 3.85. The van der Waals surface area contributed by atoms with Gasteiger partial charge in [-0.15, -0.1) is 0 Å². The molecule has 2 N–H and O–H groups in total. The van der Waals surface area contributed by atoms with Gasteiger partial charge in [0.2, 0.25) is 5.91 Å². The molecule has 0 spiro atoms. The number of hydrogen-bond acceptors (Lipinski definition) is 5.